The summed E-state index contributed by atoms with van der Waals surface area (Å²) in [4.78, 5) is 54.2. The molecule has 0 radical (unpaired) electrons. The van der Waals surface area contributed by atoms with Gasteiger partial charge >= 0.3 is 18.1 Å². The summed E-state index contributed by atoms with van der Waals surface area (Å²) >= 11 is 0. The maximum atomic E-state index is 12.9. The highest BCUT2D eigenvalue weighted by molar-refractivity contribution is 5.92. The molecule has 41 heavy (non-hydrogen) atoms. The van der Waals surface area contributed by atoms with Gasteiger partial charge in [-0.2, -0.15) is 13.2 Å². The molecule has 220 valence electrons. The fourth-order valence-electron chi connectivity index (χ4n) is 4.77. The highest BCUT2D eigenvalue weighted by Gasteiger charge is 2.40. The second-order valence-corrected chi connectivity index (χ2v) is 10.2. The van der Waals surface area contributed by atoms with Crippen molar-refractivity contribution < 1.29 is 41.8 Å². The van der Waals surface area contributed by atoms with Crippen molar-refractivity contribution in [2.24, 2.45) is 0 Å². The van der Waals surface area contributed by atoms with Crippen LogP contribution in [0.15, 0.2) is 42.6 Å². The van der Waals surface area contributed by atoms with E-state index >= 15 is 0 Å². The van der Waals surface area contributed by atoms with Crippen LogP contribution in [0.1, 0.15) is 60.3 Å². The van der Waals surface area contributed by atoms with Crippen molar-refractivity contribution in [2.75, 3.05) is 13.1 Å². The van der Waals surface area contributed by atoms with Crippen LogP contribution >= 0.6 is 0 Å². The lowest BCUT2D eigenvalue weighted by molar-refractivity contribution is -0.174. The number of rotatable bonds is 8. The number of aryl methyl sites for hydroxylation is 1. The van der Waals surface area contributed by atoms with Gasteiger partial charge in [-0.25, -0.2) is 4.98 Å². The zero-order valence-electron chi connectivity index (χ0n) is 22.6. The average molecular weight is 577 g/mol. The molecule has 3 heterocycles. The monoisotopic (exact) mass is 576 g/mol. The molecule has 3 amide bonds. The van der Waals surface area contributed by atoms with Crippen LogP contribution in [0.5, 0.6) is 5.75 Å². The van der Waals surface area contributed by atoms with Gasteiger partial charge in [0.25, 0.3) is 11.8 Å². The van der Waals surface area contributed by atoms with Crippen molar-refractivity contribution in [3.63, 3.8) is 0 Å². The third kappa shape index (κ3) is 7.74. The van der Waals surface area contributed by atoms with Gasteiger partial charge in [0.1, 0.15) is 17.5 Å². The quantitative estimate of drug-likeness (QED) is 0.463. The van der Waals surface area contributed by atoms with E-state index < -0.39 is 42.2 Å². The molecular formula is C28H31F3N4O6. The molecule has 4 atom stereocenters. The Labute approximate surface area is 234 Å². The number of cyclic esters (lactones) is 1. The lowest BCUT2D eigenvalue weighted by atomic mass is 10.0. The Kier molecular flexibility index (Phi) is 9.14. The van der Waals surface area contributed by atoms with E-state index in [1.54, 1.807) is 29.2 Å². The SMILES string of the molecule is Cc1ccc([C@@H](Oc2ccc(C(=O)NC3CCCN(C(=O)C4CCC(=O)O4)C3)nc2)C(C)NC(=O)C(F)(F)F)cc1. The molecule has 0 bridgehead atoms. The van der Waals surface area contributed by atoms with E-state index in [0.717, 1.165) is 5.56 Å². The number of carbonyl (C=O) groups excluding carboxylic acids is 4. The number of esters is 1. The van der Waals surface area contributed by atoms with Gasteiger partial charge in [-0.05, 0) is 44.4 Å². The molecule has 2 aliphatic rings. The molecule has 2 aromatic rings. The lowest BCUT2D eigenvalue weighted by Crippen LogP contribution is -2.52. The van der Waals surface area contributed by atoms with E-state index in [1.165, 1.54) is 25.3 Å². The van der Waals surface area contributed by atoms with E-state index in [-0.39, 0.29) is 36.4 Å². The predicted molar refractivity (Wildman–Crippen MR) is 139 cm³/mol. The first-order valence-electron chi connectivity index (χ1n) is 13.3. The number of pyridine rings is 1. The van der Waals surface area contributed by atoms with Gasteiger partial charge in [-0.15, -0.1) is 0 Å². The van der Waals surface area contributed by atoms with Gasteiger partial charge in [0, 0.05) is 32.0 Å². The summed E-state index contributed by atoms with van der Waals surface area (Å²) in [6.45, 7) is 4.04. The summed E-state index contributed by atoms with van der Waals surface area (Å²) in [5, 5.41) is 4.80. The van der Waals surface area contributed by atoms with Crippen molar-refractivity contribution in [1.82, 2.24) is 20.5 Å². The van der Waals surface area contributed by atoms with Gasteiger partial charge in [0.05, 0.1) is 12.2 Å². The van der Waals surface area contributed by atoms with E-state index in [9.17, 15) is 32.3 Å². The second kappa shape index (κ2) is 12.6. The molecule has 0 saturated carbocycles. The highest BCUT2D eigenvalue weighted by atomic mass is 19.4. The first kappa shape index (κ1) is 29.8. The highest BCUT2D eigenvalue weighted by Crippen LogP contribution is 2.27. The fraction of sp³-hybridized carbons (Fsp3) is 0.464. The first-order valence-corrected chi connectivity index (χ1v) is 13.3. The number of nitrogens with one attached hydrogen (secondary N) is 2. The smallest absolute Gasteiger partial charge is 0.471 e. The first-order chi connectivity index (χ1) is 19.4. The number of alkyl halides is 3. The van der Waals surface area contributed by atoms with Crippen molar-refractivity contribution in [3.8, 4) is 5.75 Å². The van der Waals surface area contributed by atoms with Crippen molar-refractivity contribution in [2.45, 2.75) is 70.0 Å². The molecule has 2 N–H and O–H groups in total. The van der Waals surface area contributed by atoms with Crippen LogP contribution in [-0.4, -0.2) is 71.0 Å². The Morgan fingerprint density at radius 3 is 2.46 bits per heavy atom. The molecule has 13 heteroatoms. The maximum Gasteiger partial charge on any atom is 0.471 e. The third-order valence-corrected chi connectivity index (χ3v) is 6.94. The Balaban J connectivity index is 1.39. The summed E-state index contributed by atoms with van der Waals surface area (Å²) in [7, 11) is 0. The van der Waals surface area contributed by atoms with Crippen molar-refractivity contribution >= 4 is 23.7 Å². The Morgan fingerprint density at radius 2 is 1.85 bits per heavy atom. The molecule has 1 aromatic heterocycles. The number of halogens is 3. The topological polar surface area (TPSA) is 127 Å². The molecule has 10 nitrogen and oxygen atoms in total. The van der Waals surface area contributed by atoms with Crippen LogP contribution in [0, 0.1) is 6.92 Å². The summed E-state index contributed by atoms with van der Waals surface area (Å²) in [6.07, 6.45) is -3.65. The van der Waals surface area contributed by atoms with Crippen molar-refractivity contribution in [1.29, 1.82) is 0 Å². The minimum absolute atomic E-state index is 0.0795. The van der Waals surface area contributed by atoms with E-state index in [2.05, 4.69) is 10.3 Å². The van der Waals surface area contributed by atoms with E-state index in [1.807, 2.05) is 12.2 Å². The van der Waals surface area contributed by atoms with Crippen LogP contribution in [0.4, 0.5) is 13.2 Å². The molecule has 0 aliphatic carbocycles. The predicted octanol–water partition coefficient (Wildman–Crippen LogP) is 3.00. The largest absolute Gasteiger partial charge is 0.482 e. The number of hydrogen-bond donors (Lipinski definition) is 2. The Bertz CT molecular complexity index is 1270. The number of likely N-dealkylation sites (tertiary alicyclic amines) is 1. The van der Waals surface area contributed by atoms with Gasteiger partial charge in [-0.1, -0.05) is 29.8 Å². The molecule has 4 rings (SSSR count). The number of amides is 3. The number of benzene rings is 1. The van der Waals surface area contributed by atoms with Crippen LogP contribution in [0.25, 0.3) is 0 Å². The number of nitrogens with zero attached hydrogens (tertiary/aromatic N) is 2. The van der Waals surface area contributed by atoms with Gasteiger partial charge in [0.15, 0.2) is 6.10 Å². The number of hydrogen-bond acceptors (Lipinski definition) is 7. The van der Waals surface area contributed by atoms with Gasteiger partial charge in [-0.3, -0.25) is 19.2 Å². The maximum absolute atomic E-state index is 12.9. The molecule has 2 saturated heterocycles. The van der Waals surface area contributed by atoms with E-state index in [0.29, 0.717) is 31.4 Å². The minimum atomic E-state index is -5.05. The zero-order valence-corrected chi connectivity index (χ0v) is 22.6. The molecule has 3 unspecified atom stereocenters. The van der Waals surface area contributed by atoms with Crippen LogP contribution in [-0.2, 0) is 19.1 Å². The Morgan fingerprint density at radius 1 is 1.12 bits per heavy atom. The molecule has 2 fully saturated rings. The Hall–Kier alpha value is -4.16. The number of aromatic nitrogens is 1. The normalized spacial score (nSPS) is 20.5. The van der Waals surface area contributed by atoms with Crippen LogP contribution < -0.4 is 15.4 Å². The standard InChI is InChI=1S/C28H31F3N4O6/c1-16-5-7-18(8-6-16)24(17(2)33-27(39)28(29,30)31)40-20-9-10-21(32-14-20)25(37)34-19-4-3-13-35(15-19)26(38)22-11-12-23(36)41-22/h5-10,14,17,19,22,24H,3-4,11-13,15H2,1-2H3,(H,33,39)(H,34,37)/t17?,19?,22?,24-/m0/s1. The summed E-state index contributed by atoms with van der Waals surface area (Å²) in [5.41, 5.74) is 1.55. The lowest BCUT2D eigenvalue weighted by Gasteiger charge is -2.34. The second-order valence-electron chi connectivity index (χ2n) is 10.2. The van der Waals surface area contributed by atoms with Crippen molar-refractivity contribution in [3.05, 3.63) is 59.4 Å². The molecule has 2 aliphatic heterocycles. The van der Waals surface area contributed by atoms with Gasteiger partial charge in [0.2, 0.25) is 0 Å². The minimum Gasteiger partial charge on any atom is -0.482 e. The van der Waals surface area contributed by atoms with Crippen LogP contribution in [0.3, 0.4) is 0 Å². The number of piperidine rings is 1. The number of ether oxygens (including phenoxy) is 2. The molecule has 0 spiro atoms. The third-order valence-electron chi connectivity index (χ3n) is 6.94. The summed E-state index contributed by atoms with van der Waals surface area (Å²) in [6, 6.07) is 8.44. The molecule has 1 aromatic carbocycles. The average Bonchev–Trinajstić information content (AvgIpc) is 3.38. The van der Waals surface area contributed by atoms with Crippen LogP contribution in [0.2, 0.25) is 0 Å². The zero-order chi connectivity index (χ0) is 29.7. The fourth-order valence-corrected chi connectivity index (χ4v) is 4.77. The number of carbonyl (C=O) groups is 4. The molecular weight excluding hydrogens is 545 g/mol. The summed E-state index contributed by atoms with van der Waals surface area (Å²) in [5.74, 6) is -3.03. The summed E-state index contributed by atoms with van der Waals surface area (Å²) < 4.78 is 49.6. The van der Waals surface area contributed by atoms with E-state index in [4.69, 9.17) is 9.47 Å². The van der Waals surface area contributed by atoms with Gasteiger partial charge < -0.3 is 25.0 Å².